The van der Waals surface area contributed by atoms with Gasteiger partial charge in [0.15, 0.2) is 11.5 Å². The molecule has 0 saturated carbocycles. The van der Waals surface area contributed by atoms with Crippen LogP contribution in [0.15, 0.2) is 42.6 Å². The number of halogens is 1. The first-order chi connectivity index (χ1) is 16.5. The number of fused-ring (bicyclic) bond motifs is 1. The van der Waals surface area contributed by atoms with E-state index in [4.69, 9.17) is 25.8 Å². The Morgan fingerprint density at radius 3 is 2.18 bits per heavy atom. The van der Waals surface area contributed by atoms with Crippen LogP contribution < -0.4 is 19.1 Å². The summed E-state index contributed by atoms with van der Waals surface area (Å²) in [5, 5.41) is 1.72. The third kappa shape index (κ3) is 4.99. The number of hydrogen-bond acceptors (Lipinski definition) is 6. The average molecular weight is 484 g/mol. The molecule has 0 radical (unpaired) electrons. The molecule has 0 N–H and O–H groups in total. The fourth-order valence-electron chi connectivity index (χ4n) is 4.23. The third-order valence-corrected chi connectivity index (χ3v) is 5.98. The Balaban J connectivity index is 1.53. The van der Waals surface area contributed by atoms with Gasteiger partial charge in [-0.1, -0.05) is 11.6 Å². The number of pyridine rings is 1. The number of amides is 1. The molecule has 1 aromatic heterocycles. The highest BCUT2D eigenvalue weighted by molar-refractivity contribution is 6.31. The minimum atomic E-state index is -0.0454. The summed E-state index contributed by atoms with van der Waals surface area (Å²) < 4.78 is 17.3. The van der Waals surface area contributed by atoms with Crippen molar-refractivity contribution >= 4 is 34.1 Å². The Morgan fingerprint density at radius 1 is 0.912 bits per heavy atom. The zero-order chi connectivity index (χ0) is 24.1. The van der Waals surface area contributed by atoms with Gasteiger partial charge >= 0.3 is 0 Å². The standard InChI is InChI=1S/C26H30ClN3O4/c1-4-32-23-15-18(16-24(33-5-2)25(23)34-6-3)26(31)30-13-11-29(12-14-30)22-9-10-28-21-17-19(27)7-8-20(21)22/h7-10,15-17H,4-6,11-14H2,1-3H3. The van der Waals surface area contributed by atoms with Crippen LogP contribution in [0.5, 0.6) is 17.2 Å². The minimum absolute atomic E-state index is 0.0454. The molecule has 4 rings (SSSR count). The summed E-state index contributed by atoms with van der Waals surface area (Å²) in [7, 11) is 0. The monoisotopic (exact) mass is 483 g/mol. The molecule has 0 atom stereocenters. The highest BCUT2D eigenvalue weighted by Gasteiger charge is 2.26. The molecule has 1 aliphatic heterocycles. The maximum Gasteiger partial charge on any atom is 0.254 e. The van der Waals surface area contributed by atoms with E-state index in [1.54, 1.807) is 18.3 Å². The van der Waals surface area contributed by atoms with Gasteiger partial charge in [-0.2, -0.15) is 0 Å². The van der Waals surface area contributed by atoms with Crippen molar-refractivity contribution < 1.29 is 19.0 Å². The number of piperazine rings is 1. The maximum absolute atomic E-state index is 13.4. The highest BCUT2D eigenvalue weighted by Crippen LogP contribution is 2.39. The number of nitrogens with zero attached hydrogens (tertiary/aromatic N) is 3. The van der Waals surface area contributed by atoms with Crippen LogP contribution in [0.1, 0.15) is 31.1 Å². The van der Waals surface area contributed by atoms with Crippen molar-refractivity contribution in [3.8, 4) is 17.2 Å². The number of rotatable bonds is 8. The summed E-state index contributed by atoms with van der Waals surface area (Å²) >= 11 is 6.13. The van der Waals surface area contributed by atoms with Gasteiger partial charge in [-0.05, 0) is 57.2 Å². The van der Waals surface area contributed by atoms with Crippen LogP contribution in [0.25, 0.3) is 10.9 Å². The predicted molar refractivity (Wildman–Crippen MR) is 135 cm³/mol. The third-order valence-electron chi connectivity index (χ3n) is 5.75. The molecule has 0 spiro atoms. The lowest BCUT2D eigenvalue weighted by Crippen LogP contribution is -2.48. The van der Waals surface area contributed by atoms with Crippen LogP contribution in [0, 0.1) is 0 Å². The molecule has 0 aliphatic carbocycles. The maximum atomic E-state index is 13.4. The summed E-state index contributed by atoms with van der Waals surface area (Å²) in [6.45, 7) is 9.79. The molecule has 1 amide bonds. The summed E-state index contributed by atoms with van der Waals surface area (Å²) in [6, 6.07) is 11.3. The number of anilines is 1. The van der Waals surface area contributed by atoms with Crippen molar-refractivity contribution in [1.29, 1.82) is 0 Å². The second-order valence-electron chi connectivity index (χ2n) is 7.87. The normalized spacial score (nSPS) is 13.8. The molecule has 0 bridgehead atoms. The van der Waals surface area contributed by atoms with Crippen LogP contribution in [0.3, 0.4) is 0 Å². The highest BCUT2D eigenvalue weighted by atomic mass is 35.5. The van der Waals surface area contributed by atoms with Crippen LogP contribution in [0.4, 0.5) is 5.69 Å². The molecular weight excluding hydrogens is 454 g/mol. The molecular formula is C26H30ClN3O4. The first kappa shape index (κ1) is 24.0. The topological polar surface area (TPSA) is 64.1 Å². The van der Waals surface area contributed by atoms with E-state index in [1.165, 1.54) is 0 Å². The smallest absolute Gasteiger partial charge is 0.254 e. The summed E-state index contributed by atoms with van der Waals surface area (Å²) in [5.41, 5.74) is 2.50. The largest absolute Gasteiger partial charge is 0.490 e. The van der Waals surface area contributed by atoms with Crippen LogP contribution >= 0.6 is 11.6 Å². The number of carbonyl (C=O) groups is 1. The van der Waals surface area contributed by atoms with E-state index in [1.807, 2.05) is 49.9 Å². The van der Waals surface area contributed by atoms with Crippen molar-refractivity contribution in [2.24, 2.45) is 0 Å². The number of carbonyl (C=O) groups excluding carboxylic acids is 1. The summed E-state index contributed by atoms with van der Waals surface area (Å²) in [6.07, 6.45) is 1.80. The molecule has 2 heterocycles. The Bertz CT molecular complexity index is 1130. The number of benzene rings is 2. The molecule has 1 saturated heterocycles. The van der Waals surface area contributed by atoms with Crippen molar-refractivity contribution in [3.63, 3.8) is 0 Å². The lowest BCUT2D eigenvalue weighted by molar-refractivity contribution is 0.0745. The van der Waals surface area contributed by atoms with E-state index in [0.717, 1.165) is 29.7 Å². The number of aromatic nitrogens is 1. The van der Waals surface area contributed by atoms with Crippen molar-refractivity contribution in [2.45, 2.75) is 20.8 Å². The Hall–Kier alpha value is -3.19. The minimum Gasteiger partial charge on any atom is -0.490 e. The van der Waals surface area contributed by atoms with Crippen molar-refractivity contribution in [1.82, 2.24) is 9.88 Å². The zero-order valence-electron chi connectivity index (χ0n) is 19.8. The van der Waals surface area contributed by atoms with Gasteiger partial charge in [0, 0.05) is 54.0 Å². The van der Waals surface area contributed by atoms with Crippen LogP contribution in [-0.2, 0) is 0 Å². The van der Waals surface area contributed by atoms with Gasteiger partial charge in [0.25, 0.3) is 5.91 Å². The lowest BCUT2D eigenvalue weighted by atomic mass is 10.1. The molecule has 2 aromatic carbocycles. The predicted octanol–water partition coefficient (Wildman–Crippen LogP) is 5.05. The van der Waals surface area contributed by atoms with E-state index in [9.17, 15) is 4.79 Å². The van der Waals surface area contributed by atoms with E-state index < -0.39 is 0 Å². The molecule has 8 heteroatoms. The van der Waals surface area contributed by atoms with E-state index >= 15 is 0 Å². The van der Waals surface area contributed by atoms with E-state index in [0.29, 0.717) is 60.7 Å². The number of hydrogen-bond donors (Lipinski definition) is 0. The van der Waals surface area contributed by atoms with Crippen LogP contribution in [-0.4, -0.2) is 61.8 Å². The van der Waals surface area contributed by atoms with Crippen LogP contribution in [0.2, 0.25) is 5.02 Å². The zero-order valence-corrected chi connectivity index (χ0v) is 20.6. The fourth-order valence-corrected chi connectivity index (χ4v) is 4.39. The van der Waals surface area contributed by atoms with Gasteiger partial charge in [-0.3, -0.25) is 9.78 Å². The molecule has 0 unspecified atom stereocenters. The molecule has 3 aromatic rings. The quantitative estimate of drug-likeness (QED) is 0.447. The lowest BCUT2D eigenvalue weighted by Gasteiger charge is -2.36. The van der Waals surface area contributed by atoms with Gasteiger partial charge in [-0.15, -0.1) is 0 Å². The molecule has 1 fully saturated rings. The molecule has 34 heavy (non-hydrogen) atoms. The van der Waals surface area contributed by atoms with Gasteiger partial charge in [0.05, 0.1) is 25.3 Å². The van der Waals surface area contributed by atoms with Gasteiger partial charge < -0.3 is 24.0 Å². The molecule has 1 aliphatic rings. The van der Waals surface area contributed by atoms with E-state index in [2.05, 4.69) is 9.88 Å². The Morgan fingerprint density at radius 2 is 1.56 bits per heavy atom. The van der Waals surface area contributed by atoms with Gasteiger partial charge in [-0.25, -0.2) is 0 Å². The SMILES string of the molecule is CCOc1cc(C(=O)N2CCN(c3ccnc4cc(Cl)ccc34)CC2)cc(OCC)c1OCC. The molecule has 7 nitrogen and oxygen atoms in total. The fraction of sp³-hybridized carbons (Fsp3) is 0.385. The van der Waals surface area contributed by atoms with Crippen molar-refractivity contribution in [3.05, 3.63) is 53.2 Å². The Labute approximate surface area is 205 Å². The van der Waals surface area contributed by atoms with Gasteiger partial charge in [0.1, 0.15) is 0 Å². The van der Waals surface area contributed by atoms with Crippen molar-refractivity contribution in [2.75, 3.05) is 50.9 Å². The summed E-state index contributed by atoms with van der Waals surface area (Å²) in [4.78, 5) is 22.0. The molecule has 180 valence electrons. The average Bonchev–Trinajstić information content (AvgIpc) is 2.85. The summed E-state index contributed by atoms with van der Waals surface area (Å²) in [5.74, 6) is 1.55. The first-order valence-electron chi connectivity index (χ1n) is 11.7. The first-order valence-corrected chi connectivity index (χ1v) is 12.1. The van der Waals surface area contributed by atoms with Gasteiger partial charge in [0.2, 0.25) is 5.75 Å². The number of ether oxygens (including phenoxy) is 3. The van der Waals surface area contributed by atoms with E-state index in [-0.39, 0.29) is 5.91 Å². The second-order valence-corrected chi connectivity index (χ2v) is 8.31. The second kappa shape index (κ2) is 10.8. The Kier molecular flexibility index (Phi) is 7.63.